The van der Waals surface area contributed by atoms with Gasteiger partial charge in [-0.25, -0.2) is 4.79 Å². The van der Waals surface area contributed by atoms with Crippen LogP contribution in [0.2, 0.25) is 0 Å². The molecular weight excluding hydrogens is 230 g/mol. The van der Waals surface area contributed by atoms with E-state index >= 15 is 0 Å². The minimum atomic E-state index is -1.14. The first-order valence-electron chi connectivity index (χ1n) is 4.75. The van der Waals surface area contributed by atoms with E-state index in [9.17, 15) is 9.59 Å². The summed E-state index contributed by atoms with van der Waals surface area (Å²) in [5.74, 6) is -1.56. The largest absolute Gasteiger partial charge is 0.480 e. The van der Waals surface area contributed by atoms with E-state index in [1.54, 1.807) is 12.1 Å². The molecular formula is C10H13NO4S. The van der Waals surface area contributed by atoms with Gasteiger partial charge in [-0.05, 0) is 19.1 Å². The quantitative estimate of drug-likeness (QED) is 0.707. The molecule has 5 nitrogen and oxygen atoms in total. The predicted octanol–water partition coefficient (Wildman–Crippen LogP) is 0.622. The maximum atomic E-state index is 11.6. The van der Waals surface area contributed by atoms with Crippen LogP contribution in [0.4, 0.5) is 0 Å². The summed E-state index contributed by atoms with van der Waals surface area (Å²) in [6.07, 6.45) is 0.00539. The van der Waals surface area contributed by atoms with Gasteiger partial charge in [0.25, 0.3) is 5.91 Å². The molecule has 1 amide bonds. The average Bonchev–Trinajstić information content (AvgIpc) is 2.64. The van der Waals surface area contributed by atoms with Crippen molar-refractivity contribution in [3.8, 4) is 0 Å². The van der Waals surface area contributed by atoms with Crippen molar-refractivity contribution in [1.82, 2.24) is 5.32 Å². The number of aliphatic hydroxyl groups excluding tert-OH is 1. The Hall–Kier alpha value is -1.40. The van der Waals surface area contributed by atoms with Gasteiger partial charge in [0.1, 0.15) is 6.04 Å². The van der Waals surface area contributed by atoms with Crippen LogP contribution < -0.4 is 5.32 Å². The molecule has 1 heterocycles. The van der Waals surface area contributed by atoms with Crippen LogP contribution in [0.3, 0.4) is 0 Å². The molecule has 0 saturated carbocycles. The molecule has 1 atom stereocenters. The van der Waals surface area contributed by atoms with Gasteiger partial charge in [-0.1, -0.05) is 0 Å². The number of carboxylic acids is 1. The summed E-state index contributed by atoms with van der Waals surface area (Å²) in [5.41, 5.74) is 0. The molecule has 3 N–H and O–H groups in total. The van der Waals surface area contributed by atoms with Gasteiger partial charge in [0.2, 0.25) is 0 Å². The summed E-state index contributed by atoms with van der Waals surface area (Å²) in [7, 11) is 0. The number of carbonyl (C=O) groups excluding carboxylic acids is 1. The van der Waals surface area contributed by atoms with Gasteiger partial charge in [0.05, 0.1) is 4.88 Å². The summed E-state index contributed by atoms with van der Waals surface area (Å²) in [6.45, 7) is 1.59. The molecule has 1 aromatic rings. The van der Waals surface area contributed by atoms with Crippen molar-refractivity contribution in [2.24, 2.45) is 0 Å². The van der Waals surface area contributed by atoms with Crippen LogP contribution in [0.5, 0.6) is 0 Å². The Morgan fingerprint density at radius 2 is 2.19 bits per heavy atom. The van der Waals surface area contributed by atoms with Crippen molar-refractivity contribution < 1.29 is 19.8 Å². The van der Waals surface area contributed by atoms with E-state index in [1.807, 2.05) is 6.92 Å². The van der Waals surface area contributed by atoms with Gasteiger partial charge in [0.15, 0.2) is 0 Å². The molecule has 16 heavy (non-hydrogen) atoms. The van der Waals surface area contributed by atoms with E-state index in [0.29, 0.717) is 4.88 Å². The lowest BCUT2D eigenvalue weighted by Crippen LogP contribution is -2.41. The van der Waals surface area contributed by atoms with E-state index in [2.05, 4.69) is 5.32 Å². The normalized spacial score (nSPS) is 12.1. The second kappa shape index (κ2) is 5.62. The molecule has 1 aromatic heterocycles. The first-order valence-corrected chi connectivity index (χ1v) is 5.57. The molecule has 1 rings (SSSR count). The lowest BCUT2D eigenvalue weighted by molar-refractivity contribution is -0.139. The summed E-state index contributed by atoms with van der Waals surface area (Å²) in [6, 6.07) is 2.40. The molecule has 0 fully saturated rings. The maximum Gasteiger partial charge on any atom is 0.326 e. The van der Waals surface area contributed by atoms with Crippen molar-refractivity contribution in [2.45, 2.75) is 19.4 Å². The van der Waals surface area contributed by atoms with Crippen LogP contribution in [0, 0.1) is 6.92 Å². The molecule has 0 radical (unpaired) electrons. The summed E-state index contributed by atoms with van der Waals surface area (Å²) >= 11 is 1.30. The molecule has 88 valence electrons. The molecule has 0 aliphatic heterocycles. The number of thiophene rings is 1. The number of amides is 1. The SMILES string of the molecule is Cc1ccc(C(=O)N[C@@H](CCO)C(=O)O)s1. The van der Waals surface area contributed by atoms with Gasteiger partial charge >= 0.3 is 5.97 Å². The number of rotatable bonds is 5. The molecule has 0 saturated heterocycles. The summed E-state index contributed by atoms with van der Waals surface area (Å²) in [5, 5.41) is 19.8. The average molecular weight is 243 g/mol. The molecule has 0 bridgehead atoms. The standard InChI is InChI=1S/C10H13NO4S/c1-6-2-3-8(16-6)9(13)11-7(4-5-12)10(14)15/h2-3,7,12H,4-5H2,1H3,(H,11,13)(H,14,15)/t7-/m0/s1. The van der Waals surface area contributed by atoms with Crippen LogP contribution in [0.1, 0.15) is 21.0 Å². The Morgan fingerprint density at radius 1 is 1.50 bits per heavy atom. The number of hydrogen-bond acceptors (Lipinski definition) is 4. The third kappa shape index (κ3) is 3.32. The van der Waals surface area contributed by atoms with Crippen LogP contribution >= 0.6 is 11.3 Å². The lowest BCUT2D eigenvalue weighted by Gasteiger charge is -2.11. The highest BCUT2D eigenvalue weighted by Crippen LogP contribution is 2.14. The van der Waals surface area contributed by atoms with Crippen molar-refractivity contribution >= 4 is 23.2 Å². The second-order valence-corrected chi connectivity index (χ2v) is 4.57. The number of nitrogens with one attached hydrogen (secondary N) is 1. The Morgan fingerprint density at radius 3 is 2.62 bits per heavy atom. The molecule has 0 spiro atoms. The highest BCUT2D eigenvalue weighted by Gasteiger charge is 2.20. The third-order valence-corrected chi connectivity index (χ3v) is 2.98. The van der Waals surface area contributed by atoms with Gasteiger partial charge in [-0.2, -0.15) is 0 Å². The van der Waals surface area contributed by atoms with Crippen LogP contribution in [0.25, 0.3) is 0 Å². The van der Waals surface area contributed by atoms with Crippen LogP contribution in [-0.2, 0) is 4.79 Å². The molecule has 0 aliphatic rings. The van der Waals surface area contributed by atoms with E-state index in [-0.39, 0.29) is 13.0 Å². The summed E-state index contributed by atoms with van der Waals surface area (Å²) < 4.78 is 0. The Bertz CT molecular complexity index is 388. The van der Waals surface area contributed by atoms with E-state index in [0.717, 1.165) is 4.88 Å². The Balaban J connectivity index is 2.65. The molecule has 0 aromatic carbocycles. The van der Waals surface area contributed by atoms with Crippen LogP contribution in [0.15, 0.2) is 12.1 Å². The highest BCUT2D eigenvalue weighted by atomic mass is 32.1. The topological polar surface area (TPSA) is 86.6 Å². The Kier molecular flexibility index (Phi) is 4.45. The van der Waals surface area contributed by atoms with E-state index in [1.165, 1.54) is 11.3 Å². The highest BCUT2D eigenvalue weighted by molar-refractivity contribution is 7.13. The zero-order chi connectivity index (χ0) is 12.1. The fraction of sp³-hybridized carbons (Fsp3) is 0.400. The number of carbonyl (C=O) groups is 2. The van der Waals surface area contributed by atoms with Gasteiger partial charge in [-0.3, -0.25) is 4.79 Å². The van der Waals surface area contributed by atoms with Gasteiger partial charge < -0.3 is 15.5 Å². The molecule has 0 aliphatic carbocycles. The van der Waals surface area contributed by atoms with E-state index < -0.39 is 17.9 Å². The number of carboxylic acid groups (broad SMARTS) is 1. The predicted molar refractivity (Wildman–Crippen MR) is 59.6 cm³/mol. The third-order valence-electron chi connectivity index (χ3n) is 1.99. The summed E-state index contributed by atoms with van der Waals surface area (Å²) in [4.78, 5) is 23.8. The zero-order valence-corrected chi connectivity index (χ0v) is 9.58. The number of hydrogen-bond donors (Lipinski definition) is 3. The molecule has 0 unspecified atom stereocenters. The first kappa shape index (κ1) is 12.7. The maximum absolute atomic E-state index is 11.6. The van der Waals surface area contributed by atoms with Gasteiger partial charge in [-0.15, -0.1) is 11.3 Å². The minimum Gasteiger partial charge on any atom is -0.480 e. The minimum absolute atomic E-state index is 0.00539. The Labute approximate surface area is 96.7 Å². The smallest absolute Gasteiger partial charge is 0.326 e. The zero-order valence-electron chi connectivity index (χ0n) is 8.77. The first-order chi connectivity index (χ1) is 7.54. The van der Waals surface area contributed by atoms with Crippen molar-refractivity contribution in [2.75, 3.05) is 6.61 Å². The number of aliphatic hydroxyl groups is 1. The number of aryl methyl sites for hydroxylation is 1. The van der Waals surface area contributed by atoms with Gasteiger partial charge in [0, 0.05) is 17.9 Å². The fourth-order valence-corrected chi connectivity index (χ4v) is 1.94. The van der Waals surface area contributed by atoms with Crippen molar-refractivity contribution in [3.05, 3.63) is 21.9 Å². The van der Waals surface area contributed by atoms with E-state index in [4.69, 9.17) is 10.2 Å². The van der Waals surface area contributed by atoms with Crippen molar-refractivity contribution in [3.63, 3.8) is 0 Å². The fourth-order valence-electron chi connectivity index (χ4n) is 1.17. The van der Waals surface area contributed by atoms with Crippen molar-refractivity contribution in [1.29, 1.82) is 0 Å². The number of aliphatic carboxylic acids is 1. The second-order valence-electron chi connectivity index (χ2n) is 3.29. The molecule has 6 heteroatoms. The lowest BCUT2D eigenvalue weighted by atomic mass is 10.2. The van der Waals surface area contributed by atoms with Crippen LogP contribution in [-0.4, -0.2) is 34.7 Å². The monoisotopic (exact) mass is 243 g/mol.